The number of benzene rings is 1. The molecule has 7 heteroatoms. The Bertz CT molecular complexity index is 646. The van der Waals surface area contributed by atoms with Crippen LogP contribution in [0.3, 0.4) is 0 Å². The Morgan fingerprint density at radius 2 is 1.70 bits per heavy atom. The molecule has 1 heterocycles. The molecule has 0 bridgehead atoms. The lowest BCUT2D eigenvalue weighted by atomic mass is 10.1. The number of piperazine rings is 1. The summed E-state index contributed by atoms with van der Waals surface area (Å²) >= 11 is 0. The van der Waals surface area contributed by atoms with Gasteiger partial charge in [0.05, 0.1) is 6.07 Å². The summed E-state index contributed by atoms with van der Waals surface area (Å²) in [5.41, 5.74) is 0.950. The van der Waals surface area contributed by atoms with Gasteiger partial charge in [0.15, 0.2) is 0 Å². The summed E-state index contributed by atoms with van der Waals surface area (Å²) in [6.07, 6.45) is 0. The normalized spacial score (nSPS) is 19.0. The summed E-state index contributed by atoms with van der Waals surface area (Å²) in [5, 5.41) is 9.49. The predicted octanol–water partition coefficient (Wildman–Crippen LogP) is 1.45. The molecule has 0 amide bonds. The smallest absolute Gasteiger partial charge is 0.282 e. The van der Waals surface area contributed by atoms with Gasteiger partial charge in [-0.1, -0.05) is 30.3 Å². The first-order valence-corrected chi connectivity index (χ1v) is 9.19. The number of hydrogen-bond donors (Lipinski definition) is 0. The van der Waals surface area contributed by atoms with Crippen LogP contribution in [0.5, 0.6) is 0 Å². The lowest BCUT2D eigenvalue weighted by Crippen LogP contribution is -2.53. The van der Waals surface area contributed by atoms with E-state index < -0.39 is 10.2 Å². The minimum absolute atomic E-state index is 0.0748. The van der Waals surface area contributed by atoms with Gasteiger partial charge in [-0.05, 0) is 19.4 Å². The first-order chi connectivity index (χ1) is 10.9. The number of rotatable bonds is 5. The average molecular weight is 336 g/mol. The molecule has 0 saturated carbocycles. The topological polar surface area (TPSA) is 67.7 Å². The molecule has 0 aromatic heterocycles. The average Bonchev–Trinajstić information content (AvgIpc) is 2.56. The zero-order valence-electron chi connectivity index (χ0n) is 13.9. The molecule has 1 saturated heterocycles. The molecular weight excluding hydrogens is 312 g/mol. The first-order valence-electron chi connectivity index (χ1n) is 7.79. The Balaban J connectivity index is 2.05. The van der Waals surface area contributed by atoms with E-state index in [0.717, 1.165) is 5.56 Å². The van der Waals surface area contributed by atoms with Crippen molar-refractivity contribution in [2.24, 2.45) is 0 Å². The van der Waals surface area contributed by atoms with Gasteiger partial charge in [0.2, 0.25) is 0 Å². The maximum Gasteiger partial charge on any atom is 0.282 e. The predicted molar refractivity (Wildman–Crippen MR) is 89.8 cm³/mol. The molecular formula is C16H24N4O2S. The second-order valence-corrected chi connectivity index (χ2v) is 7.98. The zero-order chi connectivity index (χ0) is 17.0. The Morgan fingerprint density at radius 3 is 2.17 bits per heavy atom. The van der Waals surface area contributed by atoms with E-state index >= 15 is 0 Å². The summed E-state index contributed by atoms with van der Waals surface area (Å²) in [4.78, 5) is 2.04. The number of hydrogen-bond acceptors (Lipinski definition) is 4. The maximum absolute atomic E-state index is 12.5. The highest BCUT2D eigenvalue weighted by Crippen LogP contribution is 2.22. The highest BCUT2D eigenvalue weighted by atomic mass is 32.2. The highest BCUT2D eigenvalue weighted by Gasteiger charge is 2.33. The van der Waals surface area contributed by atoms with Gasteiger partial charge in [0, 0.05) is 39.3 Å². The second-order valence-electron chi connectivity index (χ2n) is 6.00. The molecule has 2 rings (SSSR count). The molecule has 0 unspecified atom stereocenters. The van der Waals surface area contributed by atoms with Crippen LogP contribution in [0.2, 0.25) is 0 Å². The van der Waals surface area contributed by atoms with Crippen LogP contribution in [0.4, 0.5) is 0 Å². The van der Waals surface area contributed by atoms with Crippen LogP contribution in [0, 0.1) is 11.3 Å². The Morgan fingerprint density at radius 1 is 1.13 bits per heavy atom. The van der Waals surface area contributed by atoms with Crippen molar-refractivity contribution in [3.8, 4) is 6.07 Å². The van der Waals surface area contributed by atoms with E-state index in [2.05, 4.69) is 6.07 Å². The van der Waals surface area contributed by atoms with Crippen LogP contribution in [0.25, 0.3) is 0 Å². The summed E-state index contributed by atoms with van der Waals surface area (Å²) in [7, 11) is -1.82. The van der Waals surface area contributed by atoms with Gasteiger partial charge in [-0.2, -0.15) is 22.3 Å². The molecule has 1 atom stereocenters. The number of nitrogens with zero attached hydrogens (tertiary/aromatic N) is 4. The summed E-state index contributed by atoms with van der Waals surface area (Å²) < 4.78 is 27.9. The fraction of sp³-hybridized carbons (Fsp3) is 0.562. The molecule has 1 aliphatic heterocycles. The van der Waals surface area contributed by atoms with Crippen molar-refractivity contribution >= 4 is 10.2 Å². The van der Waals surface area contributed by atoms with E-state index in [4.69, 9.17) is 0 Å². The monoisotopic (exact) mass is 336 g/mol. The van der Waals surface area contributed by atoms with Crippen LogP contribution < -0.4 is 0 Å². The Hall–Kier alpha value is -1.46. The first kappa shape index (κ1) is 17.9. The Kier molecular flexibility index (Phi) is 5.76. The van der Waals surface area contributed by atoms with E-state index in [1.165, 1.54) is 8.61 Å². The van der Waals surface area contributed by atoms with Gasteiger partial charge in [-0.25, -0.2) is 0 Å². The van der Waals surface area contributed by atoms with Crippen molar-refractivity contribution in [3.63, 3.8) is 0 Å². The standard InChI is InChI=1S/C16H24N4O2S/c1-14(2)18(3)23(21,22)20-11-9-19(10-12-20)16(13-17)15-7-5-4-6-8-15/h4-8,14,16H,9-12H2,1-3H3/t16-/m0/s1. The largest absolute Gasteiger partial charge is 0.282 e. The minimum Gasteiger partial charge on any atom is -0.282 e. The molecule has 0 spiro atoms. The summed E-state index contributed by atoms with van der Waals surface area (Å²) in [6, 6.07) is 11.5. The van der Waals surface area contributed by atoms with Crippen molar-refractivity contribution in [1.82, 2.24) is 13.5 Å². The Labute approximate surface area is 139 Å². The highest BCUT2D eigenvalue weighted by molar-refractivity contribution is 7.86. The van der Waals surface area contributed by atoms with Crippen LogP contribution in [-0.4, -0.2) is 61.2 Å². The zero-order valence-corrected chi connectivity index (χ0v) is 14.7. The van der Waals surface area contributed by atoms with Gasteiger partial charge in [0.1, 0.15) is 6.04 Å². The molecule has 0 radical (unpaired) electrons. The van der Waals surface area contributed by atoms with E-state index in [9.17, 15) is 13.7 Å². The molecule has 6 nitrogen and oxygen atoms in total. The molecule has 1 fully saturated rings. The van der Waals surface area contributed by atoms with Crippen LogP contribution >= 0.6 is 0 Å². The minimum atomic E-state index is -3.42. The third kappa shape index (κ3) is 3.90. The number of nitriles is 1. The van der Waals surface area contributed by atoms with Crippen LogP contribution in [-0.2, 0) is 10.2 Å². The van der Waals surface area contributed by atoms with E-state index in [1.54, 1.807) is 7.05 Å². The van der Waals surface area contributed by atoms with E-state index in [-0.39, 0.29) is 12.1 Å². The third-order valence-corrected chi connectivity index (χ3v) is 6.46. The lowest BCUT2D eigenvalue weighted by Gasteiger charge is -2.38. The van der Waals surface area contributed by atoms with Crippen molar-refractivity contribution in [3.05, 3.63) is 35.9 Å². The fourth-order valence-corrected chi connectivity index (χ4v) is 4.17. The van der Waals surface area contributed by atoms with E-state index in [1.807, 2.05) is 49.1 Å². The molecule has 23 heavy (non-hydrogen) atoms. The SMILES string of the molecule is CC(C)N(C)S(=O)(=O)N1CCN([C@@H](C#N)c2ccccc2)CC1. The molecule has 0 N–H and O–H groups in total. The summed E-state index contributed by atoms with van der Waals surface area (Å²) in [5.74, 6) is 0. The van der Waals surface area contributed by atoms with Crippen LogP contribution in [0.1, 0.15) is 25.5 Å². The molecule has 1 aromatic carbocycles. The van der Waals surface area contributed by atoms with Gasteiger partial charge >= 0.3 is 0 Å². The third-order valence-electron chi connectivity index (χ3n) is 4.29. The van der Waals surface area contributed by atoms with Gasteiger partial charge in [-0.15, -0.1) is 0 Å². The lowest BCUT2D eigenvalue weighted by molar-refractivity contribution is 0.157. The molecule has 126 valence electrons. The molecule has 0 aliphatic carbocycles. The van der Waals surface area contributed by atoms with Crippen molar-refractivity contribution in [1.29, 1.82) is 5.26 Å². The van der Waals surface area contributed by atoms with Gasteiger partial charge < -0.3 is 0 Å². The van der Waals surface area contributed by atoms with Crippen molar-refractivity contribution in [2.45, 2.75) is 25.9 Å². The van der Waals surface area contributed by atoms with E-state index in [0.29, 0.717) is 26.2 Å². The van der Waals surface area contributed by atoms with Gasteiger partial charge in [-0.3, -0.25) is 4.90 Å². The second kappa shape index (κ2) is 7.41. The fourth-order valence-electron chi connectivity index (χ4n) is 2.64. The van der Waals surface area contributed by atoms with Crippen molar-refractivity contribution in [2.75, 3.05) is 33.2 Å². The summed E-state index contributed by atoms with van der Waals surface area (Å²) in [6.45, 7) is 5.63. The molecule has 1 aliphatic rings. The van der Waals surface area contributed by atoms with Crippen LogP contribution in [0.15, 0.2) is 30.3 Å². The quantitative estimate of drug-likeness (QED) is 0.816. The van der Waals surface area contributed by atoms with Crippen molar-refractivity contribution < 1.29 is 8.42 Å². The molecule has 1 aromatic rings. The maximum atomic E-state index is 12.5. The van der Waals surface area contributed by atoms with Gasteiger partial charge in [0.25, 0.3) is 10.2 Å².